The van der Waals surface area contributed by atoms with Crippen molar-refractivity contribution in [1.82, 2.24) is 4.90 Å². The summed E-state index contributed by atoms with van der Waals surface area (Å²) in [5, 5.41) is 0.800. The number of aryl methyl sites for hydroxylation is 1. The van der Waals surface area contributed by atoms with E-state index in [2.05, 4.69) is 47.9 Å². The molecule has 1 heterocycles. The van der Waals surface area contributed by atoms with E-state index in [1.54, 1.807) is 5.57 Å². The fraction of sp³-hybridized carbons (Fsp3) is 0.444. The van der Waals surface area contributed by atoms with Gasteiger partial charge in [-0.2, -0.15) is 0 Å². The molecular formula is C27H33ClN2O. The second-order valence-electron chi connectivity index (χ2n) is 9.85. The van der Waals surface area contributed by atoms with Crippen LogP contribution < -0.4 is 4.90 Å². The van der Waals surface area contributed by atoms with E-state index >= 15 is 0 Å². The van der Waals surface area contributed by atoms with E-state index in [4.69, 9.17) is 11.6 Å². The van der Waals surface area contributed by atoms with Crippen LogP contribution in [0.5, 0.6) is 0 Å². The molecule has 2 aliphatic rings. The summed E-state index contributed by atoms with van der Waals surface area (Å²) < 4.78 is 0. The number of carbonyl (C=O) groups is 1. The number of hydrogen-bond donors (Lipinski definition) is 0. The number of allylic oxidation sites excluding steroid dienone is 1. The van der Waals surface area contributed by atoms with Gasteiger partial charge < -0.3 is 4.90 Å². The molecule has 1 fully saturated rings. The van der Waals surface area contributed by atoms with Gasteiger partial charge in [-0.1, -0.05) is 43.2 Å². The van der Waals surface area contributed by atoms with E-state index in [1.807, 2.05) is 25.1 Å². The largest absolute Gasteiger partial charge is 0.369 e. The number of benzene rings is 2. The summed E-state index contributed by atoms with van der Waals surface area (Å²) in [5.41, 5.74) is 7.86. The second kappa shape index (κ2) is 9.18. The van der Waals surface area contributed by atoms with Gasteiger partial charge in [-0.15, -0.1) is 0 Å². The highest BCUT2D eigenvalue weighted by Gasteiger charge is 2.29. The topological polar surface area (TPSA) is 23.6 Å². The quantitative estimate of drug-likeness (QED) is 0.518. The SMILES string of the molecule is Cc1cc(N2CCN(CC3=C(c4ccc(Cl)cc4)CC(C)(C)CC3)CC2)ccc1C=O. The van der Waals surface area contributed by atoms with Crippen LogP contribution in [0, 0.1) is 12.3 Å². The van der Waals surface area contributed by atoms with Gasteiger partial charge in [0, 0.05) is 49.0 Å². The number of piperazine rings is 1. The van der Waals surface area contributed by atoms with Gasteiger partial charge in [-0.3, -0.25) is 9.69 Å². The van der Waals surface area contributed by atoms with Crippen molar-refractivity contribution >= 4 is 29.1 Å². The monoisotopic (exact) mass is 436 g/mol. The number of hydrogen-bond acceptors (Lipinski definition) is 3. The van der Waals surface area contributed by atoms with Crippen molar-refractivity contribution in [3.05, 3.63) is 69.8 Å². The van der Waals surface area contributed by atoms with Crippen LogP contribution in [0.1, 0.15) is 54.6 Å². The summed E-state index contributed by atoms with van der Waals surface area (Å²) in [6, 6.07) is 14.6. The molecule has 0 atom stereocenters. The third-order valence-corrected chi connectivity index (χ3v) is 7.16. The van der Waals surface area contributed by atoms with E-state index in [-0.39, 0.29) is 0 Å². The van der Waals surface area contributed by atoms with Crippen molar-refractivity contribution in [3.63, 3.8) is 0 Å². The van der Waals surface area contributed by atoms with Crippen molar-refractivity contribution in [2.24, 2.45) is 5.41 Å². The molecule has 164 valence electrons. The maximum atomic E-state index is 11.1. The molecule has 3 nitrogen and oxygen atoms in total. The molecule has 1 saturated heterocycles. The summed E-state index contributed by atoms with van der Waals surface area (Å²) in [6.45, 7) is 12.0. The Kier molecular flexibility index (Phi) is 6.55. The molecule has 2 aromatic carbocycles. The van der Waals surface area contributed by atoms with E-state index in [9.17, 15) is 4.79 Å². The second-order valence-corrected chi connectivity index (χ2v) is 10.3. The molecule has 0 aromatic heterocycles. The van der Waals surface area contributed by atoms with Gasteiger partial charge in [-0.05, 0) is 78.6 Å². The van der Waals surface area contributed by atoms with Crippen LogP contribution in [0.3, 0.4) is 0 Å². The molecule has 0 unspecified atom stereocenters. The third kappa shape index (κ3) is 5.22. The van der Waals surface area contributed by atoms with Crippen molar-refractivity contribution in [2.45, 2.75) is 40.0 Å². The fourth-order valence-electron chi connectivity index (χ4n) is 4.89. The van der Waals surface area contributed by atoms with Crippen molar-refractivity contribution < 1.29 is 4.79 Å². The molecule has 1 aliphatic heterocycles. The Morgan fingerprint density at radius 2 is 1.74 bits per heavy atom. The molecule has 2 aromatic rings. The predicted molar refractivity (Wildman–Crippen MR) is 131 cm³/mol. The molecular weight excluding hydrogens is 404 g/mol. The average Bonchev–Trinajstić information content (AvgIpc) is 2.76. The van der Waals surface area contributed by atoms with E-state index in [0.29, 0.717) is 5.41 Å². The first-order chi connectivity index (χ1) is 14.8. The molecule has 0 amide bonds. The first kappa shape index (κ1) is 22.1. The number of aldehydes is 1. The Morgan fingerprint density at radius 1 is 1.03 bits per heavy atom. The summed E-state index contributed by atoms with van der Waals surface area (Å²) in [6.07, 6.45) is 4.50. The number of halogens is 1. The summed E-state index contributed by atoms with van der Waals surface area (Å²) >= 11 is 6.14. The number of nitrogens with zero attached hydrogens (tertiary/aromatic N) is 2. The smallest absolute Gasteiger partial charge is 0.150 e. The van der Waals surface area contributed by atoms with Gasteiger partial charge in [-0.25, -0.2) is 0 Å². The zero-order valence-corrected chi connectivity index (χ0v) is 19.7. The van der Waals surface area contributed by atoms with Crippen LogP contribution >= 0.6 is 11.6 Å². The molecule has 1 aliphatic carbocycles. The Balaban J connectivity index is 1.46. The number of carbonyl (C=O) groups excluding carboxylic acids is 1. The number of anilines is 1. The molecule has 0 radical (unpaired) electrons. The minimum Gasteiger partial charge on any atom is -0.369 e. The first-order valence-corrected chi connectivity index (χ1v) is 11.7. The molecule has 0 spiro atoms. The summed E-state index contributed by atoms with van der Waals surface area (Å²) in [4.78, 5) is 16.1. The molecule has 0 saturated carbocycles. The maximum absolute atomic E-state index is 11.1. The van der Waals surface area contributed by atoms with E-state index < -0.39 is 0 Å². The molecule has 4 rings (SSSR count). The minimum absolute atomic E-state index is 0.350. The van der Waals surface area contributed by atoms with Gasteiger partial charge in [0.1, 0.15) is 6.29 Å². The lowest BCUT2D eigenvalue weighted by atomic mass is 9.72. The van der Waals surface area contributed by atoms with Crippen LogP contribution in [-0.4, -0.2) is 43.9 Å². The van der Waals surface area contributed by atoms with Crippen LogP contribution in [-0.2, 0) is 0 Å². The minimum atomic E-state index is 0.350. The van der Waals surface area contributed by atoms with Crippen molar-refractivity contribution in [1.29, 1.82) is 0 Å². The van der Waals surface area contributed by atoms with Crippen LogP contribution in [0.25, 0.3) is 5.57 Å². The summed E-state index contributed by atoms with van der Waals surface area (Å²) in [7, 11) is 0. The zero-order chi connectivity index (χ0) is 22.0. The highest BCUT2D eigenvalue weighted by Crippen LogP contribution is 2.43. The first-order valence-electron chi connectivity index (χ1n) is 11.3. The Bertz CT molecular complexity index is 969. The van der Waals surface area contributed by atoms with Crippen LogP contribution in [0.4, 0.5) is 5.69 Å². The van der Waals surface area contributed by atoms with Gasteiger partial charge in [0.05, 0.1) is 0 Å². The lowest BCUT2D eigenvalue weighted by molar-refractivity contribution is 0.112. The van der Waals surface area contributed by atoms with Gasteiger partial charge >= 0.3 is 0 Å². The highest BCUT2D eigenvalue weighted by molar-refractivity contribution is 6.30. The van der Waals surface area contributed by atoms with Crippen LogP contribution in [0.2, 0.25) is 5.02 Å². The molecule has 0 bridgehead atoms. The van der Waals surface area contributed by atoms with Crippen LogP contribution in [0.15, 0.2) is 48.0 Å². The normalized spacial score (nSPS) is 19.5. The summed E-state index contributed by atoms with van der Waals surface area (Å²) in [5.74, 6) is 0. The Labute approximate surface area is 191 Å². The van der Waals surface area contributed by atoms with Crippen molar-refractivity contribution in [3.8, 4) is 0 Å². The van der Waals surface area contributed by atoms with E-state index in [1.165, 1.54) is 29.7 Å². The molecule has 31 heavy (non-hydrogen) atoms. The zero-order valence-electron chi connectivity index (χ0n) is 19.0. The van der Waals surface area contributed by atoms with Gasteiger partial charge in [0.25, 0.3) is 0 Å². The van der Waals surface area contributed by atoms with E-state index in [0.717, 1.165) is 61.6 Å². The average molecular weight is 437 g/mol. The van der Waals surface area contributed by atoms with Gasteiger partial charge in [0.2, 0.25) is 0 Å². The lowest BCUT2D eigenvalue weighted by Gasteiger charge is -2.39. The number of rotatable bonds is 5. The third-order valence-electron chi connectivity index (χ3n) is 6.91. The van der Waals surface area contributed by atoms with Gasteiger partial charge in [0.15, 0.2) is 0 Å². The van der Waals surface area contributed by atoms with Crippen molar-refractivity contribution in [2.75, 3.05) is 37.6 Å². The Hall–Kier alpha value is -2.10. The fourth-order valence-corrected chi connectivity index (χ4v) is 5.01. The molecule has 0 N–H and O–H groups in total. The molecule has 4 heteroatoms. The maximum Gasteiger partial charge on any atom is 0.150 e. The standard InChI is InChI=1S/C27H33ClN2O/c1-20-16-25(9-6-23(20)19-31)30-14-12-29(13-15-30)18-22-10-11-27(2,3)17-26(22)21-4-7-24(28)8-5-21/h4-9,16,19H,10-15,17-18H2,1-3H3. The predicted octanol–water partition coefficient (Wildman–Crippen LogP) is 6.25. The Morgan fingerprint density at radius 3 is 2.39 bits per heavy atom. The highest BCUT2D eigenvalue weighted by atomic mass is 35.5. The lowest BCUT2D eigenvalue weighted by Crippen LogP contribution is -2.47.